The van der Waals surface area contributed by atoms with E-state index in [2.05, 4.69) is 26.6 Å². The van der Waals surface area contributed by atoms with Crippen molar-refractivity contribution in [2.45, 2.75) is 19.9 Å². The van der Waals surface area contributed by atoms with Crippen molar-refractivity contribution in [3.05, 3.63) is 64.1 Å². The molecule has 22 heavy (non-hydrogen) atoms. The van der Waals surface area contributed by atoms with E-state index >= 15 is 0 Å². The second-order valence-electron chi connectivity index (χ2n) is 5.01. The van der Waals surface area contributed by atoms with E-state index in [-0.39, 0.29) is 11.8 Å². The van der Waals surface area contributed by atoms with E-state index in [0.29, 0.717) is 11.3 Å². The quantitative estimate of drug-likeness (QED) is 0.876. The lowest BCUT2D eigenvalue weighted by molar-refractivity contribution is -0.117. The Morgan fingerprint density at radius 3 is 2.41 bits per heavy atom. The molecule has 5 heteroatoms. The number of carbonyl (C=O) groups excluding carboxylic acids is 2. The number of carbonyl (C=O) groups is 2. The Labute approximate surface area is 138 Å². The fourth-order valence-corrected chi connectivity index (χ4v) is 2.15. The molecule has 0 heterocycles. The summed E-state index contributed by atoms with van der Waals surface area (Å²) < 4.78 is 0.982. The van der Waals surface area contributed by atoms with E-state index in [9.17, 15) is 9.59 Å². The van der Waals surface area contributed by atoms with Gasteiger partial charge in [-0.2, -0.15) is 0 Å². The minimum Gasteiger partial charge on any atom is -0.341 e. The van der Waals surface area contributed by atoms with E-state index in [1.807, 2.05) is 25.1 Å². The lowest BCUT2D eigenvalue weighted by Gasteiger charge is -2.14. The third-order valence-corrected chi connectivity index (χ3v) is 4.09. The molecule has 0 spiro atoms. The summed E-state index contributed by atoms with van der Waals surface area (Å²) in [5.74, 6) is -0.527. The fraction of sp³-hybridized carbons (Fsp3) is 0.176. The first kappa shape index (κ1) is 16.2. The van der Waals surface area contributed by atoms with Crippen LogP contribution < -0.4 is 10.6 Å². The van der Waals surface area contributed by atoms with Crippen molar-refractivity contribution in [1.29, 1.82) is 0 Å². The highest BCUT2D eigenvalue weighted by Crippen LogP contribution is 2.20. The van der Waals surface area contributed by atoms with E-state index in [0.717, 1.165) is 10.0 Å². The summed E-state index contributed by atoms with van der Waals surface area (Å²) >= 11 is 3.41. The van der Waals surface area contributed by atoms with Gasteiger partial charge in [0, 0.05) is 15.7 Å². The number of halogens is 1. The van der Waals surface area contributed by atoms with E-state index in [4.69, 9.17) is 0 Å². The molecule has 1 unspecified atom stereocenters. The summed E-state index contributed by atoms with van der Waals surface area (Å²) in [7, 11) is 0. The van der Waals surface area contributed by atoms with Gasteiger partial charge in [-0.25, -0.2) is 0 Å². The monoisotopic (exact) mass is 360 g/mol. The van der Waals surface area contributed by atoms with Crippen molar-refractivity contribution in [3.63, 3.8) is 0 Å². The van der Waals surface area contributed by atoms with Gasteiger partial charge in [0.25, 0.3) is 5.91 Å². The molecule has 0 aliphatic heterocycles. The van der Waals surface area contributed by atoms with Crippen LogP contribution in [0.25, 0.3) is 0 Å². The smallest absolute Gasteiger partial charge is 0.251 e. The number of nitrogens with one attached hydrogen (secondary N) is 2. The Kier molecular flexibility index (Phi) is 5.33. The molecule has 0 aliphatic carbocycles. The average Bonchev–Trinajstić information content (AvgIpc) is 2.51. The summed E-state index contributed by atoms with van der Waals surface area (Å²) in [6, 6.07) is 13.7. The number of hydrogen-bond donors (Lipinski definition) is 2. The molecule has 2 aromatic carbocycles. The predicted molar refractivity (Wildman–Crippen MR) is 90.9 cm³/mol. The van der Waals surface area contributed by atoms with E-state index in [1.54, 1.807) is 37.3 Å². The van der Waals surface area contributed by atoms with Gasteiger partial charge in [0.1, 0.15) is 6.04 Å². The Balaban J connectivity index is 1.97. The molecular formula is C17H17BrN2O2. The highest BCUT2D eigenvalue weighted by atomic mass is 79.9. The van der Waals surface area contributed by atoms with Crippen molar-refractivity contribution in [2.75, 3.05) is 5.32 Å². The molecular weight excluding hydrogens is 344 g/mol. The first-order valence-corrected chi connectivity index (χ1v) is 7.69. The van der Waals surface area contributed by atoms with Gasteiger partial charge in [0.05, 0.1) is 0 Å². The van der Waals surface area contributed by atoms with Crippen LogP contribution in [-0.2, 0) is 4.79 Å². The van der Waals surface area contributed by atoms with E-state index < -0.39 is 6.04 Å². The van der Waals surface area contributed by atoms with Crippen molar-refractivity contribution in [2.24, 2.45) is 0 Å². The second-order valence-corrected chi connectivity index (χ2v) is 5.87. The van der Waals surface area contributed by atoms with Crippen LogP contribution in [-0.4, -0.2) is 17.9 Å². The average molecular weight is 361 g/mol. The second kappa shape index (κ2) is 7.22. The Bertz CT molecular complexity index is 686. The highest BCUT2D eigenvalue weighted by molar-refractivity contribution is 9.10. The molecule has 0 bridgehead atoms. The molecule has 0 saturated carbocycles. The molecule has 1 atom stereocenters. The van der Waals surface area contributed by atoms with Crippen molar-refractivity contribution >= 4 is 33.4 Å². The van der Waals surface area contributed by atoms with Gasteiger partial charge in [-0.05, 0) is 49.7 Å². The topological polar surface area (TPSA) is 58.2 Å². The number of anilines is 1. The van der Waals surface area contributed by atoms with Crippen LogP contribution in [0.3, 0.4) is 0 Å². The summed E-state index contributed by atoms with van der Waals surface area (Å²) in [6.45, 7) is 3.60. The van der Waals surface area contributed by atoms with Crippen LogP contribution in [0.1, 0.15) is 22.8 Å². The van der Waals surface area contributed by atoms with Crippen LogP contribution in [0.4, 0.5) is 5.69 Å². The summed E-state index contributed by atoms with van der Waals surface area (Å²) in [5, 5.41) is 5.47. The summed E-state index contributed by atoms with van der Waals surface area (Å²) in [6.07, 6.45) is 0. The third kappa shape index (κ3) is 4.18. The molecule has 0 saturated heterocycles. The molecule has 0 radical (unpaired) electrons. The maximum Gasteiger partial charge on any atom is 0.251 e. The first-order valence-electron chi connectivity index (χ1n) is 6.90. The Morgan fingerprint density at radius 1 is 1.09 bits per heavy atom. The summed E-state index contributed by atoms with van der Waals surface area (Å²) in [5.41, 5.74) is 2.26. The maximum atomic E-state index is 12.1. The largest absolute Gasteiger partial charge is 0.341 e. The third-order valence-electron chi connectivity index (χ3n) is 3.20. The van der Waals surface area contributed by atoms with Crippen molar-refractivity contribution in [3.8, 4) is 0 Å². The van der Waals surface area contributed by atoms with Crippen molar-refractivity contribution < 1.29 is 9.59 Å². The Hall–Kier alpha value is -2.14. The molecule has 4 nitrogen and oxygen atoms in total. The maximum absolute atomic E-state index is 12.1. The normalized spacial score (nSPS) is 11.6. The van der Waals surface area contributed by atoms with Crippen molar-refractivity contribution in [1.82, 2.24) is 5.32 Å². The van der Waals surface area contributed by atoms with Crippen LogP contribution in [0.5, 0.6) is 0 Å². The zero-order chi connectivity index (χ0) is 16.1. The number of aryl methyl sites for hydroxylation is 1. The van der Waals surface area contributed by atoms with Gasteiger partial charge in [-0.15, -0.1) is 0 Å². The van der Waals surface area contributed by atoms with Gasteiger partial charge in [0.2, 0.25) is 5.91 Å². The molecule has 2 amide bonds. The number of benzene rings is 2. The molecule has 2 aromatic rings. The zero-order valence-electron chi connectivity index (χ0n) is 12.4. The molecule has 0 aliphatic rings. The zero-order valence-corrected chi connectivity index (χ0v) is 14.0. The molecule has 0 fully saturated rings. The minimum absolute atomic E-state index is 0.258. The van der Waals surface area contributed by atoms with Crippen LogP contribution in [0.2, 0.25) is 0 Å². The van der Waals surface area contributed by atoms with Gasteiger partial charge in [-0.1, -0.05) is 34.1 Å². The standard InChI is InChI=1S/C17H17BrN2O2/c1-11-10-14(8-9-15(11)18)20-16(21)12(2)19-17(22)13-6-4-3-5-7-13/h3-10,12H,1-2H3,(H,19,22)(H,20,21). The minimum atomic E-state index is -0.628. The first-order chi connectivity index (χ1) is 10.5. The van der Waals surface area contributed by atoms with Crippen LogP contribution >= 0.6 is 15.9 Å². The van der Waals surface area contributed by atoms with E-state index in [1.165, 1.54) is 0 Å². The highest BCUT2D eigenvalue weighted by Gasteiger charge is 2.16. The van der Waals surface area contributed by atoms with Crippen LogP contribution in [0.15, 0.2) is 53.0 Å². The molecule has 2 N–H and O–H groups in total. The molecule has 0 aromatic heterocycles. The van der Waals surface area contributed by atoms with Crippen LogP contribution in [0, 0.1) is 6.92 Å². The predicted octanol–water partition coefficient (Wildman–Crippen LogP) is 3.51. The van der Waals surface area contributed by atoms with Gasteiger partial charge >= 0.3 is 0 Å². The number of hydrogen-bond acceptors (Lipinski definition) is 2. The summed E-state index contributed by atoms with van der Waals surface area (Å²) in [4.78, 5) is 24.2. The molecule has 114 valence electrons. The van der Waals surface area contributed by atoms with Gasteiger partial charge in [-0.3, -0.25) is 9.59 Å². The molecule has 2 rings (SSSR count). The SMILES string of the molecule is Cc1cc(NC(=O)C(C)NC(=O)c2ccccc2)ccc1Br. The lowest BCUT2D eigenvalue weighted by Crippen LogP contribution is -2.41. The number of rotatable bonds is 4. The Morgan fingerprint density at radius 2 is 1.77 bits per heavy atom. The van der Waals surface area contributed by atoms with Gasteiger partial charge < -0.3 is 10.6 Å². The van der Waals surface area contributed by atoms with Gasteiger partial charge in [0.15, 0.2) is 0 Å². The fourth-order valence-electron chi connectivity index (χ4n) is 1.91. The lowest BCUT2D eigenvalue weighted by atomic mass is 10.2. The number of amides is 2.